The van der Waals surface area contributed by atoms with Gasteiger partial charge in [0.25, 0.3) is 0 Å². The monoisotopic (exact) mass is 221 g/mol. The number of rotatable bonds is 4. The quantitative estimate of drug-likeness (QED) is 0.765. The highest BCUT2D eigenvalue weighted by molar-refractivity contribution is 5.93. The minimum absolute atomic E-state index is 0.0863. The van der Waals surface area contributed by atoms with Gasteiger partial charge in [-0.1, -0.05) is 6.92 Å². The first-order valence-electron chi connectivity index (χ1n) is 5.42. The predicted octanol–water partition coefficient (Wildman–Crippen LogP) is 2.07. The van der Waals surface area contributed by atoms with Crippen LogP contribution in [-0.2, 0) is 4.79 Å². The number of benzene rings is 1. The second-order valence-electron chi connectivity index (χ2n) is 3.88. The smallest absolute Gasteiger partial charge is 0.221 e. The Bertz CT molecular complexity index is 377. The third kappa shape index (κ3) is 3.15. The second kappa shape index (κ2) is 5.39. The lowest BCUT2D eigenvalue weighted by molar-refractivity contribution is -0.114. The molecule has 1 rings (SSSR count). The van der Waals surface area contributed by atoms with Crippen LogP contribution in [0.15, 0.2) is 18.2 Å². The lowest BCUT2D eigenvalue weighted by atomic mass is 10.2. The van der Waals surface area contributed by atoms with Crippen molar-refractivity contribution in [3.05, 3.63) is 18.2 Å². The highest BCUT2D eigenvalue weighted by Crippen LogP contribution is 2.27. The maximum Gasteiger partial charge on any atom is 0.221 e. The number of anilines is 3. The summed E-state index contributed by atoms with van der Waals surface area (Å²) in [6.07, 6.45) is 1.06. The number of amides is 1. The number of hydrogen-bond acceptors (Lipinski definition) is 3. The van der Waals surface area contributed by atoms with Gasteiger partial charge in [-0.2, -0.15) is 0 Å². The van der Waals surface area contributed by atoms with Gasteiger partial charge in [0, 0.05) is 26.2 Å². The van der Waals surface area contributed by atoms with E-state index in [4.69, 9.17) is 5.73 Å². The van der Waals surface area contributed by atoms with Gasteiger partial charge in [-0.15, -0.1) is 0 Å². The van der Waals surface area contributed by atoms with E-state index in [1.54, 1.807) is 6.07 Å². The summed E-state index contributed by atoms with van der Waals surface area (Å²) in [5, 5.41) is 2.79. The SMILES string of the molecule is CCCN(C)c1ccc(N)cc1NC(C)=O. The van der Waals surface area contributed by atoms with Crippen LogP contribution in [0.3, 0.4) is 0 Å². The van der Waals surface area contributed by atoms with Gasteiger partial charge < -0.3 is 16.0 Å². The molecule has 1 aromatic rings. The molecule has 3 N–H and O–H groups in total. The van der Waals surface area contributed by atoms with E-state index >= 15 is 0 Å². The number of nitrogen functional groups attached to an aromatic ring is 1. The third-order valence-corrected chi connectivity index (χ3v) is 2.30. The fraction of sp³-hybridized carbons (Fsp3) is 0.417. The molecule has 0 radical (unpaired) electrons. The summed E-state index contributed by atoms with van der Waals surface area (Å²) in [5.74, 6) is -0.0863. The summed E-state index contributed by atoms with van der Waals surface area (Å²) >= 11 is 0. The second-order valence-corrected chi connectivity index (χ2v) is 3.88. The van der Waals surface area contributed by atoms with Crippen molar-refractivity contribution in [1.29, 1.82) is 0 Å². The van der Waals surface area contributed by atoms with Crippen molar-refractivity contribution >= 4 is 23.0 Å². The molecule has 0 aliphatic heterocycles. The Morgan fingerprint density at radius 1 is 1.50 bits per heavy atom. The first-order chi connectivity index (χ1) is 7.54. The van der Waals surface area contributed by atoms with Crippen molar-refractivity contribution in [2.24, 2.45) is 0 Å². The molecule has 0 aliphatic rings. The van der Waals surface area contributed by atoms with Crippen LogP contribution in [0.25, 0.3) is 0 Å². The van der Waals surface area contributed by atoms with E-state index in [1.165, 1.54) is 6.92 Å². The highest BCUT2D eigenvalue weighted by Gasteiger charge is 2.08. The van der Waals surface area contributed by atoms with Crippen molar-refractivity contribution in [3.8, 4) is 0 Å². The molecule has 0 aliphatic carbocycles. The van der Waals surface area contributed by atoms with Crippen molar-refractivity contribution in [1.82, 2.24) is 0 Å². The first kappa shape index (κ1) is 12.4. The van der Waals surface area contributed by atoms with Gasteiger partial charge in [-0.3, -0.25) is 4.79 Å². The number of nitrogens with one attached hydrogen (secondary N) is 1. The molecule has 0 unspecified atom stereocenters. The van der Waals surface area contributed by atoms with E-state index < -0.39 is 0 Å². The zero-order valence-corrected chi connectivity index (χ0v) is 10.1. The molecule has 0 fully saturated rings. The molecule has 4 nitrogen and oxygen atoms in total. The minimum Gasteiger partial charge on any atom is -0.399 e. The summed E-state index contributed by atoms with van der Waals surface area (Å²) in [5.41, 5.74) is 8.12. The summed E-state index contributed by atoms with van der Waals surface area (Å²) in [6, 6.07) is 5.55. The zero-order chi connectivity index (χ0) is 12.1. The number of hydrogen-bond donors (Lipinski definition) is 2. The van der Waals surface area contributed by atoms with Crippen molar-refractivity contribution in [2.45, 2.75) is 20.3 Å². The normalized spacial score (nSPS) is 9.94. The average Bonchev–Trinajstić information content (AvgIpc) is 2.16. The molecule has 4 heteroatoms. The molecule has 0 atom stereocenters. The number of nitrogens with zero attached hydrogens (tertiary/aromatic N) is 1. The summed E-state index contributed by atoms with van der Waals surface area (Å²) in [4.78, 5) is 13.2. The zero-order valence-electron chi connectivity index (χ0n) is 10.1. The minimum atomic E-state index is -0.0863. The average molecular weight is 221 g/mol. The highest BCUT2D eigenvalue weighted by atomic mass is 16.1. The van der Waals surface area contributed by atoms with Crippen LogP contribution in [0.4, 0.5) is 17.1 Å². The van der Waals surface area contributed by atoms with Crippen LogP contribution in [0.1, 0.15) is 20.3 Å². The van der Waals surface area contributed by atoms with Gasteiger partial charge in [0.05, 0.1) is 11.4 Å². The van der Waals surface area contributed by atoms with E-state index in [2.05, 4.69) is 17.1 Å². The predicted molar refractivity (Wildman–Crippen MR) is 68.7 cm³/mol. The fourth-order valence-corrected chi connectivity index (χ4v) is 1.63. The van der Waals surface area contributed by atoms with Crippen LogP contribution in [-0.4, -0.2) is 19.5 Å². The molecule has 16 heavy (non-hydrogen) atoms. The Kier molecular flexibility index (Phi) is 4.17. The van der Waals surface area contributed by atoms with E-state index in [1.807, 2.05) is 19.2 Å². The van der Waals surface area contributed by atoms with Crippen molar-refractivity contribution < 1.29 is 4.79 Å². The lowest BCUT2D eigenvalue weighted by Crippen LogP contribution is -2.20. The molecule has 1 amide bonds. The standard InChI is InChI=1S/C12H19N3O/c1-4-7-15(3)12-6-5-10(13)8-11(12)14-9(2)16/h5-6,8H,4,7,13H2,1-3H3,(H,14,16). The van der Waals surface area contributed by atoms with Crippen molar-refractivity contribution in [3.63, 3.8) is 0 Å². The maximum atomic E-state index is 11.1. The molecule has 0 saturated heterocycles. The van der Waals surface area contributed by atoms with Crippen LogP contribution in [0.2, 0.25) is 0 Å². The number of nitrogens with two attached hydrogens (primary N) is 1. The fourth-order valence-electron chi connectivity index (χ4n) is 1.63. The van der Waals surface area contributed by atoms with Crippen LogP contribution in [0, 0.1) is 0 Å². The van der Waals surface area contributed by atoms with E-state index in [0.717, 1.165) is 24.3 Å². The number of carbonyl (C=O) groups excluding carboxylic acids is 1. The van der Waals surface area contributed by atoms with Gasteiger partial charge >= 0.3 is 0 Å². The number of carbonyl (C=O) groups is 1. The molecule has 0 spiro atoms. The van der Waals surface area contributed by atoms with Crippen LogP contribution >= 0.6 is 0 Å². The molecular weight excluding hydrogens is 202 g/mol. The molecule has 0 aromatic heterocycles. The van der Waals surface area contributed by atoms with Gasteiger partial charge in [0.1, 0.15) is 0 Å². The van der Waals surface area contributed by atoms with Crippen molar-refractivity contribution in [2.75, 3.05) is 29.5 Å². The summed E-state index contributed by atoms with van der Waals surface area (Å²) in [6.45, 7) is 4.55. The van der Waals surface area contributed by atoms with Gasteiger partial charge in [-0.25, -0.2) is 0 Å². The van der Waals surface area contributed by atoms with Crippen LogP contribution < -0.4 is 16.0 Å². The Hall–Kier alpha value is -1.71. The summed E-state index contributed by atoms with van der Waals surface area (Å²) < 4.78 is 0. The molecule has 0 heterocycles. The van der Waals surface area contributed by atoms with E-state index in [-0.39, 0.29) is 5.91 Å². The third-order valence-electron chi connectivity index (χ3n) is 2.30. The van der Waals surface area contributed by atoms with Gasteiger partial charge in [0.2, 0.25) is 5.91 Å². The topological polar surface area (TPSA) is 58.4 Å². The largest absolute Gasteiger partial charge is 0.399 e. The van der Waals surface area contributed by atoms with Gasteiger partial charge in [-0.05, 0) is 24.6 Å². The van der Waals surface area contributed by atoms with Crippen LogP contribution in [0.5, 0.6) is 0 Å². The molecule has 88 valence electrons. The molecule has 0 saturated carbocycles. The lowest BCUT2D eigenvalue weighted by Gasteiger charge is -2.22. The summed E-state index contributed by atoms with van der Waals surface area (Å²) in [7, 11) is 2.00. The maximum absolute atomic E-state index is 11.1. The Morgan fingerprint density at radius 2 is 2.19 bits per heavy atom. The van der Waals surface area contributed by atoms with E-state index in [0.29, 0.717) is 5.69 Å². The first-order valence-corrected chi connectivity index (χ1v) is 5.42. The molecular formula is C12H19N3O. The Labute approximate surface area is 96.4 Å². The Balaban J connectivity index is 3.01. The Morgan fingerprint density at radius 3 is 2.75 bits per heavy atom. The van der Waals surface area contributed by atoms with Gasteiger partial charge in [0.15, 0.2) is 0 Å². The molecule has 1 aromatic carbocycles. The molecule has 0 bridgehead atoms. The van der Waals surface area contributed by atoms with E-state index in [9.17, 15) is 4.79 Å².